The lowest BCUT2D eigenvalue weighted by Gasteiger charge is -2.10. The molecule has 1 heterocycles. The third kappa shape index (κ3) is 2.30. The molecule has 0 spiro atoms. The van der Waals surface area contributed by atoms with Gasteiger partial charge in [0.05, 0.1) is 5.92 Å². The highest BCUT2D eigenvalue weighted by Gasteiger charge is 2.29. The molecule has 0 aliphatic carbocycles. The predicted molar refractivity (Wildman–Crippen MR) is 75.4 cm³/mol. The molecule has 96 valence electrons. The van der Waals surface area contributed by atoms with Crippen molar-refractivity contribution in [3.63, 3.8) is 0 Å². The highest BCUT2D eigenvalue weighted by atomic mass is 32.2. The van der Waals surface area contributed by atoms with Crippen molar-refractivity contribution in [1.82, 2.24) is 0 Å². The van der Waals surface area contributed by atoms with Crippen LogP contribution in [0, 0.1) is 12.7 Å². The van der Waals surface area contributed by atoms with E-state index >= 15 is 0 Å². The lowest BCUT2D eigenvalue weighted by atomic mass is 9.92. The summed E-state index contributed by atoms with van der Waals surface area (Å²) in [6.07, 6.45) is 0. The highest BCUT2D eigenvalue weighted by Crippen LogP contribution is 2.40. The standard InChI is InChI=1S/C16H13FOS/c1-10-6-11(8-12(17)7-10)16(18)14-9-19-15-5-3-2-4-13(14)15/h2-8,14H,9H2,1H3. The van der Waals surface area contributed by atoms with Gasteiger partial charge in [0.25, 0.3) is 0 Å². The van der Waals surface area contributed by atoms with E-state index in [0.717, 1.165) is 21.8 Å². The summed E-state index contributed by atoms with van der Waals surface area (Å²) in [6.45, 7) is 1.80. The van der Waals surface area contributed by atoms with Gasteiger partial charge >= 0.3 is 0 Å². The van der Waals surface area contributed by atoms with E-state index in [1.165, 1.54) is 12.1 Å². The molecular weight excluding hydrogens is 259 g/mol. The van der Waals surface area contributed by atoms with E-state index in [2.05, 4.69) is 0 Å². The van der Waals surface area contributed by atoms with Gasteiger partial charge in [-0.05, 0) is 42.3 Å². The average molecular weight is 272 g/mol. The molecule has 3 rings (SSSR count). The van der Waals surface area contributed by atoms with Crippen LogP contribution in [0.5, 0.6) is 0 Å². The van der Waals surface area contributed by atoms with Crippen LogP contribution in [-0.2, 0) is 0 Å². The molecular formula is C16H13FOS. The van der Waals surface area contributed by atoms with E-state index in [1.54, 1.807) is 24.8 Å². The number of thioether (sulfide) groups is 1. The van der Waals surface area contributed by atoms with Crippen molar-refractivity contribution < 1.29 is 9.18 Å². The minimum absolute atomic E-state index is 0.0139. The smallest absolute Gasteiger partial charge is 0.171 e. The Bertz CT molecular complexity index is 631. The van der Waals surface area contributed by atoms with Crippen LogP contribution in [0.1, 0.15) is 27.4 Å². The number of ketones is 1. The van der Waals surface area contributed by atoms with Crippen LogP contribution in [0.3, 0.4) is 0 Å². The number of aryl methyl sites for hydroxylation is 1. The van der Waals surface area contributed by atoms with Gasteiger partial charge < -0.3 is 0 Å². The van der Waals surface area contributed by atoms with Crippen molar-refractivity contribution in [3.05, 3.63) is 65.0 Å². The zero-order valence-corrected chi connectivity index (χ0v) is 11.3. The molecule has 0 radical (unpaired) electrons. The first-order valence-electron chi connectivity index (χ1n) is 6.18. The summed E-state index contributed by atoms with van der Waals surface area (Å²) in [5.41, 5.74) is 2.32. The van der Waals surface area contributed by atoms with E-state index in [9.17, 15) is 9.18 Å². The minimum atomic E-state index is -0.345. The number of fused-ring (bicyclic) bond motifs is 1. The lowest BCUT2D eigenvalue weighted by Crippen LogP contribution is -2.13. The van der Waals surface area contributed by atoms with Crippen LogP contribution in [-0.4, -0.2) is 11.5 Å². The fourth-order valence-electron chi connectivity index (χ4n) is 2.46. The molecule has 19 heavy (non-hydrogen) atoms. The number of carbonyl (C=O) groups excluding carboxylic acids is 1. The number of Topliss-reactive ketones (excluding diaryl/α,β-unsaturated/α-hetero) is 1. The second-order valence-electron chi connectivity index (χ2n) is 4.78. The summed E-state index contributed by atoms with van der Waals surface area (Å²) in [5.74, 6) is 0.262. The number of rotatable bonds is 2. The van der Waals surface area contributed by atoms with Crippen molar-refractivity contribution in [2.45, 2.75) is 17.7 Å². The van der Waals surface area contributed by atoms with Gasteiger partial charge in [0, 0.05) is 16.2 Å². The van der Waals surface area contributed by atoms with Gasteiger partial charge in [-0.15, -0.1) is 11.8 Å². The SMILES string of the molecule is Cc1cc(F)cc(C(=O)C2CSc3ccccc32)c1. The Balaban J connectivity index is 1.98. The fourth-order valence-corrected chi connectivity index (χ4v) is 3.69. The molecule has 0 N–H and O–H groups in total. The summed E-state index contributed by atoms with van der Waals surface area (Å²) in [4.78, 5) is 13.7. The minimum Gasteiger partial charge on any atom is -0.293 e. The molecule has 1 atom stereocenters. The summed E-state index contributed by atoms with van der Waals surface area (Å²) < 4.78 is 13.4. The van der Waals surface area contributed by atoms with Crippen molar-refractivity contribution in [2.24, 2.45) is 0 Å². The Morgan fingerprint density at radius 3 is 2.84 bits per heavy atom. The van der Waals surface area contributed by atoms with Crippen LogP contribution in [0.2, 0.25) is 0 Å². The molecule has 1 nitrogen and oxygen atoms in total. The van der Waals surface area contributed by atoms with Gasteiger partial charge in [-0.2, -0.15) is 0 Å². The van der Waals surface area contributed by atoms with E-state index in [4.69, 9.17) is 0 Å². The second kappa shape index (κ2) is 4.82. The van der Waals surface area contributed by atoms with Gasteiger partial charge in [-0.3, -0.25) is 4.79 Å². The number of hydrogen-bond donors (Lipinski definition) is 0. The van der Waals surface area contributed by atoms with Crippen LogP contribution in [0.25, 0.3) is 0 Å². The fraction of sp³-hybridized carbons (Fsp3) is 0.188. The Hall–Kier alpha value is -1.61. The highest BCUT2D eigenvalue weighted by molar-refractivity contribution is 7.99. The van der Waals surface area contributed by atoms with E-state index < -0.39 is 0 Å². The molecule has 0 amide bonds. The molecule has 0 saturated heterocycles. The molecule has 1 aliphatic heterocycles. The zero-order valence-electron chi connectivity index (χ0n) is 10.5. The largest absolute Gasteiger partial charge is 0.293 e. The van der Waals surface area contributed by atoms with Gasteiger partial charge in [0.1, 0.15) is 5.82 Å². The first-order valence-corrected chi connectivity index (χ1v) is 7.17. The molecule has 3 heteroatoms. The maximum absolute atomic E-state index is 13.4. The second-order valence-corrected chi connectivity index (χ2v) is 5.84. The first-order chi connectivity index (χ1) is 9.15. The lowest BCUT2D eigenvalue weighted by molar-refractivity contribution is 0.0968. The van der Waals surface area contributed by atoms with Crippen LogP contribution in [0.15, 0.2) is 47.4 Å². The average Bonchev–Trinajstić information content (AvgIpc) is 2.80. The van der Waals surface area contributed by atoms with Crippen LogP contribution < -0.4 is 0 Å². The number of halogens is 1. The normalized spacial score (nSPS) is 17.3. The van der Waals surface area contributed by atoms with E-state index in [1.807, 2.05) is 24.3 Å². The Morgan fingerprint density at radius 1 is 1.26 bits per heavy atom. The van der Waals surface area contributed by atoms with Gasteiger partial charge in [-0.1, -0.05) is 18.2 Å². The molecule has 0 fully saturated rings. The molecule has 2 aromatic rings. The van der Waals surface area contributed by atoms with Crippen molar-refractivity contribution in [1.29, 1.82) is 0 Å². The van der Waals surface area contributed by atoms with Gasteiger partial charge in [0.2, 0.25) is 0 Å². The topological polar surface area (TPSA) is 17.1 Å². The van der Waals surface area contributed by atoms with Crippen molar-refractivity contribution in [2.75, 3.05) is 5.75 Å². The molecule has 0 saturated carbocycles. The molecule has 1 aliphatic rings. The van der Waals surface area contributed by atoms with Gasteiger partial charge in [0.15, 0.2) is 5.78 Å². The molecule has 0 bridgehead atoms. The zero-order chi connectivity index (χ0) is 13.4. The summed E-state index contributed by atoms with van der Waals surface area (Å²) >= 11 is 1.69. The quantitative estimate of drug-likeness (QED) is 0.762. The maximum Gasteiger partial charge on any atom is 0.171 e. The third-order valence-corrected chi connectivity index (χ3v) is 4.53. The maximum atomic E-state index is 13.4. The van der Waals surface area contributed by atoms with Crippen LogP contribution >= 0.6 is 11.8 Å². The van der Waals surface area contributed by atoms with E-state index in [0.29, 0.717) is 5.56 Å². The Kier molecular flexibility index (Phi) is 3.15. The Morgan fingerprint density at radius 2 is 2.05 bits per heavy atom. The molecule has 0 aromatic heterocycles. The number of hydrogen-bond acceptors (Lipinski definition) is 2. The van der Waals surface area contributed by atoms with Crippen LogP contribution in [0.4, 0.5) is 4.39 Å². The van der Waals surface area contributed by atoms with Crippen molar-refractivity contribution >= 4 is 17.5 Å². The first kappa shape index (κ1) is 12.4. The van der Waals surface area contributed by atoms with Crippen molar-refractivity contribution in [3.8, 4) is 0 Å². The number of benzene rings is 2. The monoisotopic (exact) mass is 272 g/mol. The predicted octanol–water partition coefficient (Wildman–Crippen LogP) is 4.21. The summed E-state index contributed by atoms with van der Waals surface area (Å²) in [5, 5.41) is 0. The Labute approximate surface area is 115 Å². The van der Waals surface area contributed by atoms with E-state index in [-0.39, 0.29) is 17.5 Å². The molecule has 2 aromatic carbocycles. The molecule has 1 unspecified atom stereocenters. The number of carbonyl (C=O) groups is 1. The third-order valence-electron chi connectivity index (χ3n) is 3.34. The summed E-state index contributed by atoms with van der Waals surface area (Å²) in [7, 11) is 0. The summed E-state index contributed by atoms with van der Waals surface area (Å²) in [6, 6.07) is 12.5. The van der Waals surface area contributed by atoms with Gasteiger partial charge in [-0.25, -0.2) is 4.39 Å².